The molecule has 140 valence electrons. The summed E-state index contributed by atoms with van der Waals surface area (Å²) in [7, 11) is 0. The first-order valence-electron chi connectivity index (χ1n) is 8.91. The third-order valence-electron chi connectivity index (χ3n) is 4.72. The minimum Gasteiger partial charge on any atom is -0.480 e. The van der Waals surface area contributed by atoms with E-state index >= 15 is 0 Å². The number of hydrogen-bond donors (Lipinski definition) is 2. The van der Waals surface area contributed by atoms with E-state index in [9.17, 15) is 14.7 Å². The maximum Gasteiger partial charge on any atom is 0.326 e. The normalized spacial score (nSPS) is 15.2. The van der Waals surface area contributed by atoms with E-state index in [0.29, 0.717) is 22.3 Å². The molecule has 4 rings (SSSR count). The molecule has 0 aliphatic heterocycles. The second-order valence-electron chi connectivity index (χ2n) is 7.08. The molecule has 1 saturated carbocycles. The van der Waals surface area contributed by atoms with E-state index < -0.39 is 17.9 Å². The van der Waals surface area contributed by atoms with Gasteiger partial charge in [-0.2, -0.15) is 5.10 Å². The lowest BCUT2D eigenvalue weighted by Crippen LogP contribution is -2.42. The predicted octanol–water partition coefficient (Wildman–Crippen LogP) is 3.33. The van der Waals surface area contributed by atoms with Crippen LogP contribution in [0.25, 0.3) is 21.6 Å². The third-order valence-corrected chi connectivity index (χ3v) is 5.61. The molecule has 1 atom stereocenters. The largest absolute Gasteiger partial charge is 0.480 e. The van der Waals surface area contributed by atoms with Crippen LogP contribution in [0, 0.1) is 5.92 Å². The standard InChI is InChI=1S/C19H20N4O3S/c1-10(2)23-17-13(9-20-23)12(8-14(21-17)15-4-3-7-27-15)18(24)22-16(19(25)26)11-5-6-11/h3-4,7-11,16H,5-6H2,1-2H3,(H,22,24)(H,25,26). The van der Waals surface area contributed by atoms with Crippen LogP contribution >= 0.6 is 11.3 Å². The van der Waals surface area contributed by atoms with E-state index in [1.165, 1.54) is 11.3 Å². The summed E-state index contributed by atoms with van der Waals surface area (Å²) in [6.45, 7) is 4.00. The Labute approximate surface area is 160 Å². The molecule has 0 radical (unpaired) electrons. The average Bonchev–Trinajstić information content (AvgIpc) is 3.15. The maximum absolute atomic E-state index is 13.0. The van der Waals surface area contributed by atoms with E-state index in [2.05, 4.69) is 10.4 Å². The van der Waals surface area contributed by atoms with E-state index in [1.807, 2.05) is 31.4 Å². The van der Waals surface area contributed by atoms with Gasteiger partial charge >= 0.3 is 5.97 Å². The molecule has 1 aliphatic rings. The van der Waals surface area contributed by atoms with Crippen molar-refractivity contribution in [1.82, 2.24) is 20.1 Å². The average molecular weight is 384 g/mol. The van der Waals surface area contributed by atoms with Gasteiger partial charge in [0, 0.05) is 6.04 Å². The van der Waals surface area contributed by atoms with Crippen molar-refractivity contribution in [2.75, 3.05) is 0 Å². The molecule has 3 aromatic rings. The number of hydrogen-bond acceptors (Lipinski definition) is 5. The molecular weight excluding hydrogens is 364 g/mol. The van der Waals surface area contributed by atoms with Crippen molar-refractivity contribution in [3.05, 3.63) is 35.3 Å². The molecule has 1 unspecified atom stereocenters. The van der Waals surface area contributed by atoms with Crippen LogP contribution < -0.4 is 5.32 Å². The van der Waals surface area contributed by atoms with E-state index in [1.54, 1.807) is 16.9 Å². The molecule has 1 amide bonds. The fourth-order valence-electron chi connectivity index (χ4n) is 3.16. The van der Waals surface area contributed by atoms with Crippen LogP contribution in [0.3, 0.4) is 0 Å². The van der Waals surface area contributed by atoms with Gasteiger partial charge in [-0.3, -0.25) is 4.79 Å². The molecule has 3 aromatic heterocycles. The lowest BCUT2D eigenvalue weighted by Gasteiger charge is -2.15. The van der Waals surface area contributed by atoms with Crippen LogP contribution in [0.4, 0.5) is 0 Å². The monoisotopic (exact) mass is 384 g/mol. The Morgan fingerprint density at radius 1 is 1.37 bits per heavy atom. The summed E-state index contributed by atoms with van der Waals surface area (Å²) < 4.78 is 1.78. The van der Waals surface area contributed by atoms with Crippen LogP contribution in [0.1, 0.15) is 43.1 Å². The summed E-state index contributed by atoms with van der Waals surface area (Å²) in [5, 5.41) is 19.1. The highest BCUT2D eigenvalue weighted by Gasteiger charge is 2.37. The van der Waals surface area contributed by atoms with Gasteiger partial charge in [0.2, 0.25) is 0 Å². The topological polar surface area (TPSA) is 97.1 Å². The molecule has 0 saturated heterocycles. The van der Waals surface area contributed by atoms with E-state index in [0.717, 1.165) is 17.7 Å². The van der Waals surface area contributed by atoms with Gasteiger partial charge in [0.15, 0.2) is 5.65 Å². The van der Waals surface area contributed by atoms with Crippen LogP contribution in [0.5, 0.6) is 0 Å². The minimum absolute atomic E-state index is 0.0129. The number of nitrogens with one attached hydrogen (secondary N) is 1. The molecule has 1 fully saturated rings. The number of pyridine rings is 1. The van der Waals surface area contributed by atoms with Gasteiger partial charge in [0.05, 0.1) is 27.7 Å². The zero-order valence-corrected chi connectivity index (χ0v) is 15.9. The molecule has 27 heavy (non-hydrogen) atoms. The zero-order valence-electron chi connectivity index (χ0n) is 15.0. The molecule has 0 aromatic carbocycles. The number of rotatable bonds is 6. The highest BCUT2D eigenvalue weighted by Crippen LogP contribution is 2.33. The fraction of sp³-hybridized carbons (Fsp3) is 0.368. The number of carboxylic acid groups (broad SMARTS) is 1. The number of thiophene rings is 1. The van der Waals surface area contributed by atoms with Crippen molar-refractivity contribution in [2.45, 2.75) is 38.8 Å². The van der Waals surface area contributed by atoms with Crippen LogP contribution in [0.15, 0.2) is 29.8 Å². The molecule has 0 bridgehead atoms. The first-order chi connectivity index (χ1) is 13.0. The summed E-state index contributed by atoms with van der Waals surface area (Å²) in [6.07, 6.45) is 3.28. The highest BCUT2D eigenvalue weighted by atomic mass is 32.1. The van der Waals surface area contributed by atoms with Gasteiger partial charge in [0.25, 0.3) is 5.91 Å². The quantitative estimate of drug-likeness (QED) is 0.679. The number of fused-ring (bicyclic) bond motifs is 1. The van der Waals surface area contributed by atoms with E-state index in [4.69, 9.17) is 4.98 Å². The van der Waals surface area contributed by atoms with Crippen molar-refractivity contribution >= 4 is 34.2 Å². The Kier molecular flexibility index (Phi) is 4.43. The number of amides is 1. The summed E-state index contributed by atoms with van der Waals surface area (Å²) in [5.41, 5.74) is 1.71. The Bertz CT molecular complexity index is 1010. The number of carbonyl (C=O) groups excluding carboxylic acids is 1. The second-order valence-corrected chi connectivity index (χ2v) is 8.03. The highest BCUT2D eigenvalue weighted by molar-refractivity contribution is 7.13. The molecule has 0 spiro atoms. The molecular formula is C19H20N4O3S. The Morgan fingerprint density at radius 2 is 2.15 bits per heavy atom. The van der Waals surface area contributed by atoms with Gasteiger partial charge in [-0.1, -0.05) is 6.07 Å². The van der Waals surface area contributed by atoms with Gasteiger partial charge in [-0.15, -0.1) is 11.3 Å². The fourth-order valence-corrected chi connectivity index (χ4v) is 3.85. The first kappa shape index (κ1) is 17.7. The molecule has 7 nitrogen and oxygen atoms in total. The molecule has 2 N–H and O–H groups in total. The van der Waals surface area contributed by atoms with Crippen LogP contribution in [-0.4, -0.2) is 37.8 Å². The van der Waals surface area contributed by atoms with Gasteiger partial charge in [0.1, 0.15) is 6.04 Å². The van der Waals surface area contributed by atoms with Crippen molar-refractivity contribution in [3.8, 4) is 10.6 Å². The molecule has 1 aliphatic carbocycles. The zero-order chi connectivity index (χ0) is 19.1. The van der Waals surface area contributed by atoms with Crippen molar-refractivity contribution in [1.29, 1.82) is 0 Å². The Hall–Kier alpha value is -2.74. The Balaban J connectivity index is 1.80. The summed E-state index contributed by atoms with van der Waals surface area (Å²) >= 11 is 1.54. The number of aliphatic carboxylic acids is 1. The lowest BCUT2D eigenvalue weighted by atomic mass is 10.1. The van der Waals surface area contributed by atoms with Crippen molar-refractivity contribution in [2.24, 2.45) is 5.92 Å². The smallest absolute Gasteiger partial charge is 0.326 e. The summed E-state index contributed by atoms with van der Waals surface area (Å²) in [5.74, 6) is -1.38. The van der Waals surface area contributed by atoms with Crippen molar-refractivity contribution < 1.29 is 14.7 Å². The van der Waals surface area contributed by atoms with Gasteiger partial charge < -0.3 is 10.4 Å². The van der Waals surface area contributed by atoms with Crippen LogP contribution in [-0.2, 0) is 4.79 Å². The Morgan fingerprint density at radius 3 is 2.74 bits per heavy atom. The summed E-state index contributed by atoms with van der Waals surface area (Å²) in [4.78, 5) is 30.1. The third kappa shape index (κ3) is 3.32. The van der Waals surface area contributed by atoms with Gasteiger partial charge in [-0.05, 0) is 50.1 Å². The number of carbonyl (C=O) groups is 2. The van der Waals surface area contributed by atoms with Crippen molar-refractivity contribution in [3.63, 3.8) is 0 Å². The summed E-state index contributed by atoms with van der Waals surface area (Å²) in [6, 6.07) is 4.83. The second kappa shape index (κ2) is 6.77. The van der Waals surface area contributed by atoms with Crippen LogP contribution in [0.2, 0.25) is 0 Å². The SMILES string of the molecule is CC(C)n1ncc2c(C(=O)NC(C(=O)O)C3CC3)cc(-c3cccs3)nc21. The predicted molar refractivity (Wildman–Crippen MR) is 103 cm³/mol. The maximum atomic E-state index is 13.0. The molecule has 8 heteroatoms. The first-order valence-corrected chi connectivity index (χ1v) is 9.79. The lowest BCUT2D eigenvalue weighted by molar-refractivity contribution is -0.139. The number of nitrogens with zero attached hydrogens (tertiary/aromatic N) is 3. The van der Waals surface area contributed by atoms with E-state index in [-0.39, 0.29) is 12.0 Å². The number of aromatic nitrogens is 3. The van der Waals surface area contributed by atoms with Gasteiger partial charge in [-0.25, -0.2) is 14.5 Å². The minimum atomic E-state index is -0.993. The number of carboxylic acids is 1. The molecule has 3 heterocycles.